The molecule has 1 heterocycles. The SMILES string of the molecule is O=C(O)NCCNc1cccc(-c2cc(-c3c(Cl)cccc3Cl)no2)c1. The third-order valence-corrected chi connectivity index (χ3v) is 4.24. The maximum absolute atomic E-state index is 10.4. The number of nitrogens with one attached hydrogen (secondary N) is 2. The quantitative estimate of drug-likeness (QED) is 0.514. The molecular weight excluding hydrogens is 377 g/mol. The number of carboxylic acid groups (broad SMARTS) is 1. The van der Waals surface area contributed by atoms with Gasteiger partial charge in [0.05, 0.1) is 10.0 Å². The first kappa shape index (κ1) is 18.1. The maximum Gasteiger partial charge on any atom is 0.404 e. The monoisotopic (exact) mass is 391 g/mol. The Labute approximate surface area is 159 Å². The molecule has 0 unspecified atom stereocenters. The second kappa shape index (κ2) is 8.12. The van der Waals surface area contributed by atoms with Crippen molar-refractivity contribution < 1.29 is 14.4 Å². The molecule has 0 atom stereocenters. The van der Waals surface area contributed by atoms with Gasteiger partial charge in [-0.2, -0.15) is 0 Å². The standard InChI is InChI=1S/C18H15Cl2N3O3/c19-13-5-2-6-14(20)17(13)15-10-16(26-23-15)11-3-1-4-12(9-11)21-7-8-22-18(24)25/h1-6,9-10,21-22H,7-8H2,(H,24,25). The highest BCUT2D eigenvalue weighted by Crippen LogP contribution is 2.36. The second-order valence-corrected chi connectivity index (χ2v) is 6.23. The molecule has 0 radical (unpaired) electrons. The van der Waals surface area contributed by atoms with E-state index in [0.29, 0.717) is 40.2 Å². The molecular formula is C18H15Cl2N3O3. The summed E-state index contributed by atoms with van der Waals surface area (Å²) in [5, 5.41) is 19.1. The zero-order chi connectivity index (χ0) is 18.5. The van der Waals surface area contributed by atoms with Gasteiger partial charge >= 0.3 is 6.09 Å². The Balaban J connectivity index is 1.77. The van der Waals surface area contributed by atoms with E-state index in [1.807, 2.05) is 24.3 Å². The van der Waals surface area contributed by atoms with Crippen LogP contribution in [0.4, 0.5) is 10.5 Å². The van der Waals surface area contributed by atoms with Crippen molar-refractivity contribution in [2.24, 2.45) is 0 Å². The predicted octanol–water partition coefficient (Wildman–Crippen LogP) is 4.99. The number of hydrogen-bond donors (Lipinski definition) is 3. The van der Waals surface area contributed by atoms with E-state index < -0.39 is 6.09 Å². The number of rotatable bonds is 6. The lowest BCUT2D eigenvalue weighted by Crippen LogP contribution is -2.26. The maximum atomic E-state index is 10.4. The first-order valence-corrected chi connectivity index (χ1v) is 8.52. The predicted molar refractivity (Wildman–Crippen MR) is 102 cm³/mol. The summed E-state index contributed by atoms with van der Waals surface area (Å²) in [5.74, 6) is 0.572. The van der Waals surface area contributed by atoms with Crippen LogP contribution in [0.1, 0.15) is 0 Å². The van der Waals surface area contributed by atoms with E-state index in [-0.39, 0.29) is 0 Å². The minimum Gasteiger partial charge on any atom is -0.465 e. The van der Waals surface area contributed by atoms with Gasteiger partial charge in [0.1, 0.15) is 5.69 Å². The van der Waals surface area contributed by atoms with Gasteiger partial charge in [-0.15, -0.1) is 0 Å². The van der Waals surface area contributed by atoms with Crippen molar-refractivity contribution in [1.82, 2.24) is 10.5 Å². The third kappa shape index (κ3) is 4.28. The molecule has 26 heavy (non-hydrogen) atoms. The van der Waals surface area contributed by atoms with Crippen molar-refractivity contribution in [1.29, 1.82) is 0 Å². The van der Waals surface area contributed by atoms with Crippen LogP contribution < -0.4 is 10.6 Å². The van der Waals surface area contributed by atoms with Crippen molar-refractivity contribution in [2.75, 3.05) is 18.4 Å². The van der Waals surface area contributed by atoms with E-state index in [1.165, 1.54) is 0 Å². The first-order chi connectivity index (χ1) is 12.5. The van der Waals surface area contributed by atoms with Gasteiger partial charge < -0.3 is 20.3 Å². The average Bonchev–Trinajstić information content (AvgIpc) is 3.08. The lowest BCUT2D eigenvalue weighted by Gasteiger charge is -2.07. The normalized spacial score (nSPS) is 10.5. The minimum absolute atomic E-state index is 0.303. The number of carbonyl (C=O) groups is 1. The van der Waals surface area contributed by atoms with Crippen LogP contribution in [0, 0.1) is 0 Å². The van der Waals surface area contributed by atoms with Gasteiger partial charge in [0.15, 0.2) is 5.76 Å². The highest BCUT2D eigenvalue weighted by Gasteiger charge is 2.14. The summed E-state index contributed by atoms with van der Waals surface area (Å²) in [6.07, 6.45) is -1.05. The Morgan fingerprint density at radius 3 is 2.54 bits per heavy atom. The number of anilines is 1. The van der Waals surface area contributed by atoms with E-state index in [9.17, 15) is 4.79 Å². The van der Waals surface area contributed by atoms with Crippen molar-refractivity contribution >= 4 is 35.0 Å². The zero-order valence-corrected chi connectivity index (χ0v) is 15.0. The van der Waals surface area contributed by atoms with Crippen LogP contribution in [0.5, 0.6) is 0 Å². The summed E-state index contributed by atoms with van der Waals surface area (Å²) >= 11 is 12.4. The molecule has 8 heteroatoms. The molecule has 3 rings (SSSR count). The summed E-state index contributed by atoms with van der Waals surface area (Å²) in [6, 6.07) is 14.6. The fraction of sp³-hybridized carbons (Fsp3) is 0.111. The first-order valence-electron chi connectivity index (χ1n) is 7.77. The van der Waals surface area contributed by atoms with Crippen LogP contribution in [-0.4, -0.2) is 29.4 Å². The van der Waals surface area contributed by atoms with E-state index in [0.717, 1.165) is 11.3 Å². The van der Waals surface area contributed by atoms with Crippen molar-refractivity contribution in [3.63, 3.8) is 0 Å². The molecule has 0 saturated heterocycles. The highest BCUT2D eigenvalue weighted by molar-refractivity contribution is 6.39. The van der Waals surface area contributed by atoms with Gasteiger partial charge in [-0.05, 0) is 24.3 Å². The molecule has 6 nitrogen and oxygen atoms in total. The van der Waals surface area contributed by atoms with E-state index in [1.54, 1.807) is 24.3 Å². The Morgan fingerprint density at radius 1 is 1.08 bits per heavy atom. The largest absolute Gasteiger partial charge is 0.465 e. The number of halogens is 2. The fourth-order valence-electron chi connectivity index (χ4n) is 2.43. The molecule has 1 amide bonds. The summed E-state index contributed by atoms with van der Waals surface area (Å²) in [7, 11) is 0. The van der Waals surface area contributed by atoms with Gasteiger partial charge in [-0.25, -0.2) is 4.79 Å². The Bertz CT molecular complexity index is 907. The molecule has 3 N–H and O–H groups in total. The summed E-state index contributed by atoms with van der Waals surface area (Å²) in [5.41, 5.74) is 2.84. The molecule has 3 aromatic rings. The van der Waals surface area contributed by atoms with Crippen LogP contribution in [0.3, 0.4) is 0 Å². The van der Waals surface area contributed by atoms with Crippen molar-refractivity contribution in [3.05, 3.63) is 58.6 Å². The van der Waals surface area contributed by atoms with E-state index in [4.69, 9.17) is 32.8 Å². The van der Waals surface area contributed by atoms with Gasteiger partial charge in [0, 0.05) is 36.0 Å². The molecule has 0 saturated carbocycles. The summed E-state index contributed by atoms with van der Waals surface area (Å²) in [6.45, 7) is 0.768. The minimum atomic E-state index is -1.05. The van der Waals surface area contributed by atoms with Gasteiger partial charge in [-0.3, -0.25) is 0 Å². The lowest BCUT2D eigenvalue weighted by atomic mass is 10.1. The molecule has 0 fully saturated rings. The van der Waals surface area contributed by atoms with E-state index in [2.05, 4.69) is 15.8 Å². The van der Waals surface area contributed by atoms with Crippen LogP contribution in [0.15, 0.2) is 53.1 Å². The van der Waals surface area contributed by atoms with Gasteiger partial charge in [-0.1, -0.05) is 46.6 Å². The number of nitrogens with zero attached hydrogens (tertiary/aromatic N) is 1. The van der Waals surface area contributed by atoms with Crippen molar-refractivity contribution in [2.45, 2.75) is 0 Å². The Morgan fingerprint density at radius 2 is 1.81 bits per heavy atom. The highest BCUT2D eigenvalue weighted by atomic mass is 35.5. The van der Waals surface area contributed by atoms with Crippen LogP contribution in [0.2, 0.25) is 10.0 Å². The zero-order valence-electron chi connectivity index (χ0n) is 13.5. The molecule has 0 aliphatic heterocycles. The molecule has 1 aromatic heterocycles. The Kier molecular flexibility index (Phi) is 5.65. The summed E-state index contributed by atoms with van der Waals surface area (Å²) in [4.78, 5) is 10.4. The van der Waals surface area contributed by atoms with Crippen molar-refractivity contribution in [3.8, 4) is 22.6 Å². The van der Waals surface area contributed by atoms with Crippen LogP contribution >= 0.6 is 23.2 Å². The topological polar surface area (TPSA) is 87.4 Å². The molecule has 0 bridgehead atoms. The van der Waals surface area contributed by atoms with Gasteiger partial charge in [0.25, 0.3) is 0 Å². The number of amides is 1. The van der Waals surface area contributed by atoms with Crippen LogP contribution in [-0.2, 0) is 0 Å². The molecule has 0 aliphatic carbocycles. The Hall–Kier alpha value is -2.70. The average molecular weight is 392 g/mol. The number of benzene rings is 2. The smallest absolute Gasteiger partial charge is 0.404 e. The van der Waals surface area contributed by atoms with Crippen LogP contribution in [0.25, 0.3) is 22.6 Å². The number of hydrogen-bond acceptors (Lipinski definition) is 4. The molecule has 0 aliphatic rings. The lowest BCUT2D eigenvalue weighted by molar-refractivity contribution is 0.195. The molecule has 0 spiro atoms. The number of aromatic nitrogens is 1. The second-order valence-electron chi connectivity index (χ2n) is 5.41. The molecule has 2 aromatic carbocycles. The van der Waals surface area contributed by atoms with E-state index >= 15 is 0 Å². The molecule has 134 valence electrons. The summed E-state index contributed by atoms with van der Waals surface area (Å²) < 4.78 is 5.44. The van der Waals surface area contributed by atoms with Gasteiger partial charge in [0.2, 0.25) is 0 Å². The fourth-order valence-corrected chi connectivity index (χ4v) is 3.02. The third-order valence-electron chi connectivity index (χ3n) is 3.61.